The van der Waals surface area contributed by atoms with Gasteiger partial charge in [-0.25, -0.2) is 8.78 Å². The fraction of sp³-hybridized carbons (Fsp3) is 0.522. The molecule has 3 saturated heterocycles. The van der Waals surface area contributed by atoms with Crippen LogP contribution in [0.5, 0.6) is 0 Å². The topological polar surface area (TPSA) is 67.7 Å². The van der Waals surface area contributed by atoms with Crippen LogP contribution in [0.2, 0.25) is 0 Å². The molecule has 9 heteroatoms. The molecular formula is C23H28F2N4O3. The Bertz CT molecular complexity index is 987. The number of rotatable bonds is 5. The molecule has 0 unspecified atom stereocenters. The summed E-state index contributed by atoms with van der Waals surface area (Å²) in [7, 11) is 0. The van der Waals surface area contributed by atoms with Gasteiger partial charge in [0.05, 0.1) is 11.9 Å². The smallest absolute Gasteiger partial charge is 0.272 e. The zero-order valence-corrected chi connectivity index (χ0v) is 18.4. The highest BCUT2D eigenvalue weighted by Gasteiger charge is 2.58. The van der Waals surface area contributed by atoms with E-state index in [9.17, 15) is 18.4 Å². The third-order valence-electron chi connectivity index (χ3n) is 6.50. The number of fused-ring (bicyclic) bond motifs is 1. The number of aromatic nitrogens is 2. The van der Waals surface area contributed by atoms with Crippen molar-refractivity contribution in [1.29, 1.82) is 0 Å². The monoisotopic (exact) mass is 446 g/mol. The lowest BCUT2D eigenvalue weighted by molar-refractivity contribution is -0.142. The number of likely N-dealkylation sites (tertiary alicyclic amines) is 1. The van der Waals surface area contributed by atoms with Crippen molar-refractivity contribution in [3.05, 3.63) is 53.9 Å². The van der Waals surface area contributed by atoms with Crippen LogP contribution in [0.4, 0.5) is 8.78 Å². The Balaban J connectivity index is 1.44. The second-order valence-corrected chi connectivity index (χ2v) is 8.53. The number of hydrogen-bond donors (Lipinski definition) is 0. The minimum absolute atomic E-state index is 0.103. The summed E-state index contributed by atoms with van der Waals surface area (Å²) in [6, 6.07) is 1.32. The Hall–Kier alpha value is -2.81. The van der Waals surface area contributed by atoms with E-state index in [-0.39, 0.29) is 24.1 Å². The third kappa shape index (κ3) is 3.90. The number of allylic oxidation sites excluding steroid dienone is 3. The van der Waals surface area contributed by atoms with Crippen LogP contribution in [0.15, 0.2) is 48.2 Å². The molecule has 2 amide bonds. The fourth-order valence-corrected chi connectivity index (χ4v) is 4.91. The molecule has 32 heavy (non-hydrogen) atoms. The molecule has 0 saturated carbocycles. The number of aryl methyl sites for hydroxylation is 1. The first kappa shape index (κ1) is 22.4. The highest BCUT2D eigenvalue weighted by Crippen LogP contribution is 2.44. The number of carbonyl (C=O) groups excluding carboxylic acids is 2. The summed E-state index contributed by atoms with van der Waals surface area (Å²) < 4.78 is 34.8. The molecule has 3 aliphatic heterocycles. The van der Waals surface area contributed by atoms with Crippen molar-refractivity contribution in [1.82, 2.24) is 19.6 Å². The summed E-state index contributed by atoms with van der Waals surface area (Å²) in [5.41, 5.74) is -0.0225. The minimum atomic E-state index is -0.969. The van der Waals surface area contributed by atoms with Gasteiger partial charge in [0.15, 0.2) is 5.60 Å². The van der Waals surface area contributed by atoms with E-state index in [1.807, 2.05) is 6.92 Å². The number of ether oxygens (including phenoxy) is 1. The zero-order valence-electron chi connectivity index (χ0n) is 18.4. The van der Waals surface area contributed by atoms with Gasteiger partial charge in [-0.3, -0.25) is 14.3 Å². The van der Waals surface area contributed by atoms with E-state index in [2.05, 4.69) is 11.7 Å². The molecule has 0 N–H and O–H groups in total. The first-order valence-electron chi connectivity index (χ1n) is 11.0. The molecule has 0 radical (unpaired) electrons. The predicted octanol–water partition coefficient (Wildman–Crippen LogP) is 3.51. The molecule has 0 aromatic carbocycles. The lowest BCUT2D eigenvalue weighted by Gasteiger charge is -2.37. The molecule has 1 spiro atoms. The zero-order chi connectivity index (χ0) is 23.0. The van der Waals surface area contributed by atoms with Gasteiger partial charge >= 0.3 is 0 Å². The summed E-state index contributed by atoms with van der Waals surface area (Å²) in [5, 5.41) is 4.15. The highest BCUT2D eigenvalue weighted by atomic mass is 19.1. The largest absolute Gasteiger partial charge is 0.342 e. The maximum absolute atomic E-state index is 13.9. The Labute approximate surface area is 186 Å². The van der Waals surface area contributed by atoms with Crippen LogP contribution in [0, 0.1) is 0 Å². The third-order valence-corrected chi connectivity index (χ3v) is 6.50. The van der Waals surface area contributed by atoms with Gasteiger partial charge in [-0.2, -0.15) is 5.10 Å². The molecule has 1 aromatic heterocycles. The van der Waals surface area contributed by atoms with E-state index >= 15 is 0 Å². The molecule has 3 fully saturated rings. The molecule has 172 valence electrons. The number of halogens is 2. The van der Waals surface area contributed by atoms with E-state index in [0.717, 1.165) is 13.0 Å². The van der Waals surface area contributed by atoms with Gasteiger partial charge in [0.25, 0.3) is 11.8 Å². The summed E-state index contributed by atoms with van der Waals surface area (Å²) in [6.45, 7) is 8.41. The Morgan fingerprint density at radius 1 is 1.31 bits per heavy atom. The maximum atomic E-state index is 13.9. The van der Waals surface area contributed by atoms with Crippen molar-refractivity contribution in [2.75, 3.05) is 13.1 Å². The summed E-state index contributed by atoms with van der Waals surface area (Å²) in [4.78, 5) is 29.7. The van der Waals surface area contributed by atoms with E-state index in [4.69, 9.17) is 4.74 Å². The van der Waals surface area contributed by atoms with Crippen LogP contribution < -0.4 is 0 Å². The van der Waals surface area contributed by atoms with Crippen molar-refractivity contribution in [2.24, 2.45) is 0 Å². The van der Waals surface area contributed by atoms with Crippen LogP contribution in [-0.2, 0) is 16.1 Å². The number of amides is 2. The molecule has 3 aliphatic rings. The molecule has 0 bridgehead atoms. The average Bonchev–Trinajstić information content (AvgIpc) is 3.44. The Morgan fingerprint density at radius 2 is 2.03 bits per heavy atom. The molecule has 4 heterocycles. The quantitative estimate of drug-likeness (QED) is 0.650. The van der Waals surface area contributed by atoms with Crippen LogP contribution in [0.25, 0.3) is 0 Å². The van der Waals surface area contributed by atoms with Crippen molar-refractivity contribution in [3.8, 4) is 0 Å². The van der Waals surface area contributed by atoms with Crippen molar-refractivity contribution >= 4 is 11.8 Å². The summed E-state index contributed by atoms with van der Waals surface area (Å²) in [5.74, 6) is -1.62. The maximum Gasteiger partial charge on any atom is 0.272 e. The normalized spacial score (nSPS) is 25.6. The van der Waals surface area contributed by atoms with Crippen LogP contribution >= 0.6 is 0 Å². The average molecular weight is 446 g/mol. The fourth-order valence-electron chi connectivity index (χ4n) is 4.91. The van der Waals surface area contributed by atoms with Gasteiger partial charge in [0.2, 0.25) is 0 Å². The van der Waals surface area contributed by atoms with Gasteiger partial charge in [-0.05, 0) is 44.4 Å². The molecule has 7 nitrogen and oxygen atoms in total. The number of nitrogens with zero attached hydrogens (tertiary/aromatic N) is 4. The lowest BCUT2D eigenvalue weighted by Crippen LogP contribution is -2.52. The Kier molecular flexibility index (Phi) is 6.03. The molecule has 2 atom stereocenters. The number of hydrogen-bond acceptors (Lipinski definition) is 4. The second-order valence-electron chi connectivity index (χ2n) is 8.53. The van der Waals surface area contributed by atoms with Crippen LogP contribution in [0.3, 0.4) is 0 Å². The van der Waals surface area contributed by atoms with Gasteiger partial charge in [0, 0.05) is 44.7 Å². The number of carbonyl (C=O) groups is 2. The van der Waals surface area contributed by atoms with Gasteiger partial charge in [0.1, 0.15) is 17.7 Å². The summed E-state index contributed by atoms with van der Waals surface area (Å²) >= 11 is 0. The van der Waals surface area contributed by atoms with E-state index in [0.29, 0.717) is 56.6 Å². The van der Waals surface area contributed by atoms with Gasteiger partial charge < -0.3 is 14.5 Å². The highest BCUT2D eigenvalue weighted by molar-refractivity contribution is 5.93. The predicted molar refractivity (Wildman–Crippen MR) is 114 cm³/mol. The standard InChI is InChI=1S/C23H28F2N4O3/c1-4-28-19(7-10-26-28)21(30)27-11-8-23(9-12-27)22(31)29-18(5-6-20(29)32-23)15(2)13-17(25)14-16(3)24/h7,10,13-14,18,20H,2,4-6,8-9,11-12H2,1,3H3/b16-14+,17-13+/t18-,20+/m0/s1. The molecular weight excluding hydrogens is 418 g/mol. The molecule has 1 aromatic rings. The molecule has 0 aliphatic carbocycles. The SMILES string of the molecule is C=C(/C=C(F)\C=C(/C)F)[C@@H]1CC[C@H]2OC3(CCN(C(=O)c4ccnn4CC)CC3)C(=O)N21. The van der Waals surface area contributed by atoms with Crippen molar-refractivity contribution in [3.63, 3.8) is 0 Å². The van der Waals surface area contributed by atoms with Crippen molar-refractivity contribution < 1.29 is 23.1 Å². The summed E-state index contributed by atoms with van der Waals surface area (Å²) in [6.07, 6.45) is 5.22. The minimum Gasteiger partial charge on any atom is -0.342 e. The first-order chi connectivity index (χ1) is 15.3. The van der Waals surface area contributed by atoms with Crippen LogP contribution in [0.1, 0.15) is 50.0 Å². The van der Waals surface area contributed by atoms with E-state index in [1.54, 1.807) is 26.7 Å². The van der Waals surface area contributed by atoms with E-state index < -0.39 is 17.3 Å². The van der Waals surface area contributed by atoms with Gasteiger partial charge in [-0.1, -0.05) is 6.58 Å². The lowest BCUT2D eigenvalue weighted by atomic mass is 9.89. The Morgan fingerprint density at radius 3 is 2.69 bits per heavy atom. The molecule has 4 rings (SSSR count). The number of piperidine rings is 1. The van der Waals surface area contributed by atoms with E-state index in [1.165, 1.54) is 6.08 Å². The van der Waals surface area contributed by atoms with Gasteiger partial charge in [-0.15, -0.1) is 0 Å². The van der Waals surface area contributed by atoms with Crippen LogP contribution in [-0.4, -0.2) is 62.4 Å². The van der Waals surface area contributed by atoms with Crippen molar-refractivity contribution in [2.45, 2.75) is 63.9 Å². The first-order valence-corrected chi connectivity index (χ1v) is 11.0. The second kappa shape index (κ2) is 8.61.